The Morgan fingerprint density at radius 1 is 1.18 bits per heavy atom. The van der Waals surface area contributed by atoms with Gasteiger partial charge in [-0.1, -0.05) is 12.0 Å². The van der Waals surface area contributed by atoms with Crippen LogP contribution < -0.4 is 4.90 Å². The Morgan fingerprint density at radius 3 is 2.64 bits per heavy atom. The van der Waals surface area contributed by atoms with Crippen LogP contribution in [0.5, 0.6) is 0 Å². The second-order valence-electron chi connectivity index (χ2n) is 7.76. The van der Waals surface area contributed by atoms with Gasteiger partial charge in [0.15, 0.2) is 11.5 Å². The Bertz CT molecular complexity index is 1420. The first-order valence-corrected chi connectivity index (χ1v) is 9.82. The van der Waals surface area contributed by atoms with Gasteiger partial charge in [-0.3, -0.25) is 4.40 Å². The normalized spacial score (nSPS) is 11.8. The molecule has 170 valence electrons. The number of nitrogens with zero attached hydrogens (tertiary/aromatic N) is 6. The summed E-state index contributed by atoms with van der Waals surface area (Å²) in [5.74, 6) is 3.29. The number of fused-ring (bicyclic) bond motifs is 3. The van der Waals surface area contributed by atoms with Crippen LogP contribution in [-0.4, -0.2) is 48.2 Å². The van der Waals surface area contributed by atoms with Crippen molar-refractivity contribution in [2.75, 3.05) is 11.4 Å². The Morgan fingerprint density at radius 2 is 1.94 bits per heavy atom. The summed E-state index contributed by atoms with van der Waals surface area (Å²) in [6.07, 6.45) is -1.73. The van der Waals surface area contributed by atoms with Crippen molar-refractivity contribution in [3.63, 3.8) is 0 Å². The Kier molecular flexibility index (Phi) is 5.63. The first-order chi connectivity index (χ1) is 15.6. The Hall–Kier alpha value is -3.78. The number of rotatable bonds is 4. The van der Waals surface area contributed by atoms with Gasteiger partial charge in [-0.2, -0.15) is 4.98 Å². The molecule has 4 aromatic rings. The molecule has 3 heterocycles. The molecule has 1 N–H and O–H groups in total. The van der Waals surface area contributed by atoms with Crippen molar-refractivity contribution in [3.8, 4) is 11.8 Å². The van der Waals surface area contributed by atoms with Crippen molar-refractivity contribution in [1.29, 1.82) is 0 Å². The molecule has 0 amide bonds. The summed E-state index contributed by atoms with van der Waals surface area (Å²) in [6, 6.07) is 5.34. The van der Waals surface area contributed by atoms with Gasteiger partial charge in [0.1, 0.15) is 23.1 Å². The quantitative estimate of drug-likeness (QED) is 0.370. The van der Waals surface area contributed by atoms with Crippen LogP contribution in [-0.2, 0) is 0 Å². The number of anilines is 2. The van der Waals surface area contributed by atoms with Gasteiger partial charge in [0, 0.05) is 6.20 Å². The molecule has 0 aliphatic rings. The van der Waals surface area contributed by atoms with Crippen molar-refractivity contribution in [2.45, 2.75) is 32.8 Å². The minimum atomic E-state index is -2.91. The summed E-state index contributed by atoms with van der Waals surface area (Å²) in [7, 11) is 0. The minimum absolute atomic E-state index is 0.0383. The van der Waals surface area contributed by atoms with Crippen LogP contribution in [0.3, 0.4) is 0 Å². The van der Waals surface area contributed by atoms with E-state index >= 15 is 4.39 Å². The molecule has 0 unspecified atom stereocenters. The van der Waals surface area contributed by atoms with Crippen molar-refractivity contribution in [1.82, 2.24) is 24.6 Å². The van der Waals surface area contributed by atoms with Crippen molar-refractivity contribution in [3.05, 3.63) is 53.6 Å². The minimum Gasteiger partial charge on any atom is -0.378 e. The molecule has 0 fully saturated rings. The first-order valence-electron chi connectivity index (χ1n) is 9.82. The van der Waals surface area contributed by atoms with Crippen LogP contribution in [0.25, 0.3) is 16.7 Å². The van der Waals surface area contributed by atoms with Gasteiger partial charge in [-0.15, -0.1) is 10.2 Å². The molecule has 0 aliphatic heterocycles. The molecule has 11 heteroatoms. The van der Waals surface area contributed by atoms with E-state index in [1.165, 1.54) is 36.6 Å². The van der Waals surface area contributed by atoms with Gasteiger partial charge in [-0.25, -0.2) is 22.5 Å². The van der Waals surface area contributed by atoms with Crippen LogP contribution in [0.2, 0.25) is 0 Å². The Balaban J connectivity index is 2.01. The average Bonchev–Trinajstić information content (AvgIpc) is 3.11. The van der Waals surface area contributed by atoms with E-state index in [2.05, 4.69) is 32.0 Å². The van der Waals surface area contributed by atoms with Crippen molar-refractivity contribution in [2.24, 2.45) is 0 Å². The Labute approximate surface area is 185 Å². The number of aromatic nitrogens is 5. The lowest BCUT2D eigenvalue weighted by Gasteiger charge is -2.25. The maximum absolute atomic E-state index is 15.4. The van der Waals surface area contributed by atoms with Crippen molar-refractivity contribution < 1.29 is 22.7 Å². The van der Waals surface area contributed by atoms with E-state index in [4.69, 9.17) is 0 Å². The lowest BCUT2D eigenvalue weighted by Crippen LogP contribution is -2.27. The van der Waals surface area contributed by atoms with E-state index in [1.807, 2.05) is 0 Å². The number of aryl methyl sites for hydroxylation is 1. The average molecular weight is 458 g/mol. The molecule has 0 aliphatic carbocycles. The van der Waals surface area contributed by atoms with Gasteiger partial charge in [0.05, 0.1) is 23.1 Å². The van der Waals surface area contributed by atoms with Crippen LogP contribution in [0.15, 0.2) is 30.5 Å². The standard InChI is InChI=1S/C22H18F4N6O/c1-12-29-30-21-28-20(18-13(23)5-4-6-15(18)32(12)21)31(11-17(24)25)16-8-10-27-14(19(16)26)7-9-22(2,3)33/h4-6,8,10,17,33H,11H2,1-3H3. The topological polar surface area (TPSA) is 79.4 Å². The molecular weight excluding hydrogens is 440 g/mol. The fraction of sp³-hybridized carbons (Fsp3) is 0.273. The van der Waals surface area contributed by atoms with Crippen LogP contribution >= 0.6 is 0 Å². The lowest BCUT2D eigenvalue weighted by molar-refractivity contribution is 0.143. The molecule has 0 saturated carbocycles. The van der Waals surface area contributed by atoms with Gasteiger partial charge in [-0.05, 0) is 44.9 Å². The number of benzene rings is 1. The predicted molar refractivity (Wildman–Crippen MR) is 113 cm³/mol. The van der Waals surface area contributed by atoms with E-state index in [9.17, 15) is 18.3 Å². The molecule has 4 rings (SSSR count). The van der Waals surface area contributed by atoms with Gasteiger partial charge >= 0.3 is 0 Å². The molecule has 0 radical (unpaired) electrons. The molecule has 0 saturated heterocycles. The molecule has 33 heavy (non-hydrogen) atoms. The van der Waals surface area contributed by atoms with Gasteiger partial charge in [0.25, 0.3) is 12.2 Å². The zero-order valence-electron chi connectivity index (χ0n) is 17.8. The lowest BCUT2D eigenvalue weighted by atomic mass is 10.1. The summed E-state index contributed by atoms with van der Waals surface area (Å²) >= 11 is 0. The van der Waals surface area contributed by atoms with Gasteiger partial charge < -0.3 is 10.0 Å². The number of aliphatic hydroxyl groups is 1. The number of hydrogen-bond donors (Lipinski definition) is 1. The predicted octanol–water partition coefficient (Wildman–Crippen LogP) is 3.78. The first kappa shape index (κ1) is 22.4. The third kappa shape index (κ3) is 4.29. The van der Waals surface area contributed by atoms with E-state index in [0.29, 0.717) is 5.82 Å². The van der Waals surface area contributed by atoms with Crippen LogP contribution in [0.4, 0.5) is 29.1 Å². The zero-order chi connectivity index (χ0) is 23.9. The number of pyridine rings is 1. The van der Waals surface area contributed by atoms with E-state index in [-0.39, 0.29) is 33.9 Å². The summed E-state index contributed by atoms with van der Waals surface area (Å²) in [6.45, 7) is 3.46. The molecule has 0 bridgehead atoms. The van der Waals surface area contributed by atoms with Crippen LogP contribution in [0.1, 0.15) is 25.4 Å². The highest BCUT2D eigenvalue weighted by Crippen LogP contribution is 2.35. The molecule has 0 spiro atoms. The number of halogens is 4. The molecule has 7 nitrogen and oxygen atoms in total. The van der Waals surface area contributed by atoms with E-state index in [1.54, 1.807) is 13.0 Å². The summed E-state index contributed by atoms with van der Waals surface area (Å²) < 4.78 is 59.1. The summed E-state index contributed by atoms with van der Waals surface area (Å²) in [4.78, 5) is 8.95. The molecular formula is C22H18F4N6O. The monoisotopic (exact) mass is 458 g/mol. The number of hydrogen-bond acceptors (Lipinski definition) is 6. The molecule has 0 atom stereocenters. The highest BCUT2D eigenvalue weighted by molar-refractivity contribution is 5.94. The fourth-order valence-electron chi connectivity index (χ4n) is 3.35. The van der Waals surface area contributed by atoms with Gasteiger partial charge in [0.2, 0.25) is 0 Å². The molecule has 3 aromatic heterocycles. The van der Waals surface area contributed by atoms with E-state index < -0.39 is 30.2 Å². The zero-order valence-corrected chi connectivity index (χ0v) is 17.8. The smallest absolute Gasteiger partial charge is 0.257 e. The second kappa shape index (κ2) is 8.29. The SMILES string of the molecule is Cc1nnc2nc(N(CC(F)F)c3ccnc(C#CC(C)(C)O)c3F)c3c(F)cccc3n12. The highest BCUT2D eigenvalue weighted by Gasteiger charge is 2.26. The summed E-state index contributed by atoms with van der Waals surface area (Å²) in [5, 5.41) is 17.5. The maximum atomic E-state index is 15.4. The number of alkyl halides is 2. The van der Waals surface area contributed by atoms with Crippen LogP contribution in [0, 0.1) is 30.4 Å². The second-order valence-corrected chi connectivity index (χ2v) is 7.76. The maximum Gasteiger partial charge on any atom is 0.257 e. The fourth-order valence-corrected chi connectivity index (χ4v) is 3.35. The highest BCUT2D eigenvalue weighted by atomic mass is 19.3. The summed E-state index contributed by atoms with van der Waals surface area (Å²) in [5.41, 5.74) is -1.83. The van der Waals surface area contributed by atoms with E-state index in [0.717, 1.165) is 11.0 Å². The third-order valence-corrected chi connectivity index (χ3v) is 4.69. The van der Waals surface area contributed by atoms with Crippen molar-refractivity contribution >= 4 is 28.2 Å². The molecule has 1 aromatic carbocycles. The third-order valence-electron chi connectivity index (χ3n) is 4.69. The largest absolute Gasteiger partial charge is 0.378 e.